The van der Waals surface area contributed by atoms with E-state index in [4.69, 9.17) is 26.0 Å². The van der Waals surface area contributed by atoms with Gasteiger partial charge in [0.25, 0.3) is 15.9 Å². The molecule has 0 heterocycles. The predicted octanol–water partition coefficient (Wildman–Crippen LogP) is 3.44. The van der Waals surface area contributed by atoms with Gasteiger partial charge in [0.05, 0.1) is 11.1 Å². The third-order valence-corrected chi connectivity index (χ3v) is 7.09. The average molecular weight is 581 g/mol. The number of carbonyl (C=O) groups excluding carboxylic acids is 1. The predicted molar refractivity (Wildman–Crippen MR) is 140 cm³/mol. The molecule has 0 radical (unpaired) electrons. The Hall–Kier alpha value is -4.10. The summed E-state index contributed by atoms with van der Waals surface area (Å²) < 4.78 is 73.2. The normalized spacial score (nSPS) is 12.1. The number of rotatable bonds is 9. The molecule has 0 saturated carbocycles. The number of aliphatic imine (C=N–C) groups is 1. The molecule has 0 aromatic heterocycles. The fourth-order valence-corrected chi connectivity index (χ4v) is 4.96. The lowest BCUT2D eigenvalue weighted by Crippen LogP contribution is -2.24. The van der Waals surface area contributed by atoms with Gasteiger partial charge in [-0.05, 0) is 72.7 Å². The maximum atomic E-state index is 14.6. The minimum atomic E-state index is -4.27. The van der Waals surface area contributed by atoms with Crippen LogP contribution >= 0.6 is 7.60 Å². The molecule has 11 nitrogen and oxygen atoms in total. The smallest absolute Gasteiger partial charge is 0.329 e. The van der Waals surface area contributed by atoms with Crippen molar-refractivity contribution in [1.82, 2.24) is 0 Å². The Bertz CT molecular complexity index is 1580. The number of guanidine groups is 1. The van der Waals surface area contributed by atoms with Crippen LogP contribution in [0.2, 0.25) is 0 Å². The molecule has 39 heavy (non-hydrogen) atoms. The molecule has 0 saturated heterocycles. The molecule has 0 fully saturated rings. The van der Waals surface area contributed by atoms with E-state index in [2.05, 4.69) is 9.71 Å². The third-order valence-electron chi connectivity index (χ3n) is 4.92. The van der Waals surface area contributed by atoms with Crippen molar-refractivity contribution in [3.05, 3.63) is 89.0 Å². The Balaban J connectivity index is 1.73. The fourth-order valence-electron chi connectivity index (χ4n) is 3.21. The number of hydrogen-bond donors (Lipinski definition) is 5. The molecule has 0 aliphatic rings. The Morgan fingerprint density at radius 2 is 1.62 bits per heavy atom. The van der Waals surface area contributed by atoms with E-state index in [1.54, 1.807) is 0 Å². The first-order chi connectivity index (χ1) is 18.1. The number of hydrogen-bond acceptors (Lipinski definition) is 5. The summed E-state index contributed by atoms with van der Waals surface area (Å²) in [5.74, 6) is -4.20. The summed E-state index contributed by atoms with van der Waals surface area (Å²) in [5, 5.41) is 0. The molecule has 0 bridgehead atoms. The molecule has 3 aromatic carbocycles. The first-order valence-corrected chi connectivity index (χ1v) is 14.2. The maximum absolute atomic E-state index is 14.6. The van der Waals surface area contributed by atoms with Gasteiger partial charge in [-0.1, -0.05) is 12.1 Å². The number of halogens is 2. The van der Waals surface area contributed by atoms with Gasteiger partial charge in [-0.25, -0.2) is 17.2 Å². The Morgan fingerprint density at radius 3 is 2.13 bits per heavy atom. The van der Waals surface area contributed by atoms with Crippen LogP contribution in [-0.4, -0.2) is 30.1 Å². The van der Waals surface area contributed by atoms with Crippen molar-refractivity contribution in [1.29, 1.82) is 0 Å². The van der Waals surface area contributed by atoms with E-state index in [9.17, 15) is 26.6 Å². The number of anilines is 1. The highest BCUT2D eigenvalue weighted by atomic mass is 32.2. The third kappa shape index (κ3) is 8.45. The van der Waals surface area contributed by atoms with Crippen LogP contribution in [0.15, 0.2) is 76.1 Å². The van der Waals surface area contributed by atoms with Gasteiger partial charge in [0.1, 0.15) is 5.75 Å². The zero-order valence-corrected chi connectivity index (χ0v) is 21.9. The lowest BCUT2D eigenvalue weighted by Gasteiger charge is -2.11. The molecule has 0 aliphatic carbocycles. The summed E-state index contributed by atoms with van der Waals surface area (Å²) in [5.41, 5.74) is 10.8. The van der Waals surface area contributed by atoms with Crippen molar-refractivity contribution in [2.45, 2.75) is 18.0 Å². The molecule has 3 rings (SSSR count). The van der Waals surface area contributed by atoms with Gasteiger partial charge in [-0.3, -0.25) is 14.1 Å². The van der Waals surface area contributed by atoms with Crippen LogP contribution in [0, 0.1) is 11.6 Å². The SMILES string of the molecule is C/C(=C\c1cc(F)c(Oc2ccc(S(=O)(=O)Nc3ccc(CP(=O)(O)O)cc3)cc2)c(F)c1)C(=O)N=C(N)N. The van der Waals surface area contributed by atoms with Crippen LogP contribution in [0.3, 0.4) is 0 Å². The molecule has 0 aliphatic heterocycles. The number of nitrogens with two attached hydrogens (primary N) is 2. The monoisotopic (exact) mass is 580 g/mol. The minimum Gasteiger partial charge on any atom is -0.451 e. The lowest BCUT2D eigenvalue weighted by molar-refractivity contribution is -0.114. The largest absolute Gasteiger partial charge is 0.451 e. The van der Waals surface area contributed by atoms with Crippen molar-refractivity contribution in [2.24, 2.45) is 16.5 Å². The van der Waals surface area contributed by atoms with Crippen molar-refractivity contribution in [3.8, 4) is 11.5 Å². The highest BCUT2D eigenvalue weighted by Crippen LogP contribution is 2.39. The van der Waals surface area contributed by atoms with E-state index < -0.39 is 53.0 Å². The van der Waals surface area contributed by atoms with E-state index in [0.29, 0.717) is 5.56 Å². The summed E-state index contributed by atoms with van der Waals surface area (Å²) in [7, 11) is -8.33. The standard InChI is InChI=1S/C24H23F2N4O7PS/c1-14(23(31)29-24(27)28)10-16-11-20(25)22(21(26)12-16)37-18-6-8-19(9-7-18)39(35,36)30-17-4-2-15(3-5-17)13-38(32,33)34/h2-12,30H,13H2,1H3,(H2,32,33,34)(H4,27,28,29,31)/b14-10+. The molecule has 3 aromatic rings. The summed E-state index contributed by atoms with van der Waals surface area (Å²) >= 11 is 0. The molecule has 0 atom stereocenters. The number of carbonyl (C=O) groups is 1. The van der Waals surface area contributed by atoms with E-state index in [1.165, 1.54) is 49.4 Å². The number of sulfonamides is 1. The lowest BCUT2D eigenvalue weighted by atomic mass is 10.1. The average Bonchev–Trinajstić information content (AvgIpc) is 2.81. The van der Waals surface area contributed by atoms with Crippen molar-refractivity contribution >= 4 is 41.2 Å². The number of nitrogens with zero attached hydrogens (tertiary/aromatic N) is 1. The van der Waals surface area contributed by atoms with Crippen LogP contribution in [-0.2, 0) is 25.5 Å². The summed E-state index contributed by atoms with van der Waals surface area (Å²) in [4.78, 5) is 33.0. The molecule has 206 valence electrons. The van der Waals surface area contributed by atoms with Gasteiger partial charge in [0.15, 0.2) is 23.3 Å². The first kappa shape index (κ1) is 29.5. The second-order valence-corrected chi connectivity index (χ2v) is 11.5. The van der Waals surface area contributed by atoms with E-state index in [-0.39, 0.29) is 27.5 Å². The van der Waals surface area contributed by atoms with Gasteiger partial charge in [-0.2, -0.15) is 4.99 Å². The first-order valence-electron chi connectivity index (χ1n) is 10.9. The molecular weight excluding hydrogens is 557 g/mol. The van der Waals surface area contributed by atoms with Crippen LogP contribution < -0.4 is 20.9 Å². The van der Waals surface area contributed by atoms with E-state index in [1.807, 2.05) is 0 Å². The van der Waals surface area contributed by atoms with Gasteiger partial charge >= 0.3 is 7.60 Å². The number of benzene rings is 3. The summed E-state index contributed by atoms with van der Waals surface area (Å²) in [6, 6.07) is 12.0. The van der Waals surface area contributed by atoms with Crippen LogP contribution in [0.5, 0.6) is 11.5 Å². The number of nitrogens with one attached hydrogen (secondary N) is 1. The fraction of sp³-hybridized carbons (Fsp3) is 0.0833. The number of ether oxygens (including phenoxy) is 1. The van der Waals surface area contributed by atoms with Crippen molar-refractivity contribution in [2.75, 3.05) is 4.72 Å². The molecular formula is C24H23F2N4O7PS. The zero-order chi connectivity index (χ0) is 29.0. The highest BCUT2D eigenvalue weighted by Gasteiger charge is 2.18. The maximum Gasteiger partial charge on any atom is 0.329 e. The van der Waals surface area contributed by atoms with Crippen LogP contribution in [0.25, 0.3) is 6.08 Å². The van der Waals surface area contributed by atoms with E-state index >= 15 is 0 Å². The van der Waals surface area contributed by atoms with Crippen molar-refractivity contribution in [3.63, 3.8) is 0 Å². The van der Waals surface area contributed by atoms with E-state index in [0.717, 1.165) is 24.3 Å². The van der Waals surface area contributed by atoms with Gasteiger partial charge in [0.2, 0.25) is 0 Å². The van der Waals surface area contributed by atoms with Gasteiger partial charge < -0.3 is 26.0 Å². The summed E-state index contributed by atoms with van der Waals surface area (Å²) in [6.07, 6.45) is 0.698. The topological polar surface area (TPSA) is 194 Å². The van der Waals surface area contributed by atoms with Crippen LogP contribution in [0.4, 0.5) is 14.5 Å². The Labute approximate surface area is 222 Å². The second kappa shape index (κ2) is 11.7. The highest BCUT2D eigenvalue weighted by molar-refractivity contribution is 7.92. The van der Waals surface area contributed by atoms with Crippen molar-refractivity contribution < 1.29 is 41.1 Å². The number of amides is 1. The molecule has 15 heteroatoms. The molecule has 1 amide bonds. The quantitative estimate of drug-likeness (QED) is 0.109. The zero-order valence-electron chi connectivity index (χ0n) is 20.2. The molecule has 0 spiro atoms. The van der Waals surface area contributed by atoms with Gasteiger partial charge in [0, 0.05) is 11.3 Å². The Kier molecular flexibility index (Phi) is 8.87. The summed E-state index contributed by atoms with van der Waals surface area (Å²) in [6.45, 7) is 1.36. The minimum absolute atomic E-state index is 0.0104. The van der Waals surface area contributed by atoms with Crippen LogP contribution in [0.1, 0.15) is 18.1 Å². The van der Waals surface area contributed by atoms with Gasteiger partial charge in [-0.15, -0.1) is 0 Å². The molecule has 0 unspecified atom stereocenters. The Morgan fingerprint density at radius 1 is 1.05 bits per heavy atom. The second-order valence-electron chi connectivity index (χ2n) is 8.18. The molecule has 7 N–H and O–H groups in total.